The molecule has 1 heterocycles. The minimum Gasteiger partial charge on any atom is -0.383 e. The van der Waals surface area contributed by atoms with E-state index in [1.807, 2.05) is 0 Å². The van der Waals surface area contributed by atoms with Crippen molar-refractivity contribution in [3.63, 3.8) is 0 Å². The molecular formula is C10H14N2. The highest BCUT2D eigenvalue weighted by Gasteiger charge is 2.09. The van der Waals surface area contributed by atoms with Gasteiger partial charge in [0.05, 0.1) is 11.4 Å². The second-order valence-electron chi connectivity index (χ2n) is 3.41. The molecule has 0 saturated carbocycles. The standard InChI is InChI=1S/C10H14N2/c1-8-6-11-9-4-2-3-5-10(9)12-7-8/h2-5,8,11-12H,6-7H2,1H3. The molecule has 0 atom stereocenters. The predicted molar refractivity (Wildman–Crippen MR) is 52.6 cm³/mol. The van der Waals surface area contributed by atoms with Crippen molar-refractivity contribution in [3.05, 3.63) is 24.3 Å². The van der Waals surface area contributed by atoms with Gasteiger partial charge in [-0.1, -0.05) is 19.1 Å². The molecule has 0 spiro atoms. The number of hydrogen-bond acceptors (Lipinski definition) is 2. The Hall–Kier alpha value is -1.18. The van der Waals surface area contributed by atoms with Gasteiger partial charge in [-0.05, 0) is 18.1 Å². The molecule has 1 aliphatic rings. The topological polar surface area (TPSA) is 24.1 Å². The SMILES string of the molecule is CC1CNc2ccccc2NC1. The third-order valence-corrected chi connectivity index (χ3v) is 2.21. The number of benzene rings is 1. The summed E-state index contributed by atoms with van der Waals surface area (Å²) in [7, 11) is 0. The van der Waals surface area contributed by atoms with Crippen LogP contribution in [0.5, 0.6) is 0 Å². The van der Waals surface area contributed by atoms with Crippen LogP contribution in [0.2, 0.25) is 0 Å². The fourth-order valence-corrected chi connectivity index (χ4v) is 1.43. The highest BCUT2D eigenvalue weighted by molar-refractivity contribution is 5.69. The normalized spacial score (nSPS) is 17.1. The molecule has 0 unspecified atom stereocenters. The summed E-state index contributed by atoms with van der Waals surface area (Å²) in [5, 5.41) is 6.82. The average Bonchev–Trinajstić information content (AvgIpc) is 2.29. The Kier molecular flexibility index (Phi) is 1.90. The maximum absolute atomic E-state index is 3.41. The van der Waals surface area contributed by atoms with Crippen LogP contribution < -0.4 is 10.6 Å². The van der Waals surface area contributed by atoms with Gasteiger partial charge in [0.15, 0.2) is 0 Å². The van der Waals surface area contributed by atoms with Crippen LogP contribution in [0.1, 0.15) is 6.92 Å². The molecule has 2 rings (SSSR count). The first-order valence-corrected chi connectivity index (χ1v) is 4.43. The number of fused-ring (bicyclic) bond motifs is 1. The Balaban J connectivity index is 2.26. The number of para-hydroxylation sites is 2. The zero-order chi connectivity index (χ0) is 8.39. The molecule has 1 aliphatic heterocycles. The first kappa shape index (κ1) is 7.47. The van der Waals surface area contributed by atoms with Gasteiger partial charge in [-0.25, -0.2) is 0 Å². The monoisotopic (exact) mass is 162 g/mol. The minimum atomic E-state index is 0.692. The van der Waals surface area contributed by atoms with E-state index in [4.69, 9.17) is 0 Å². The van der Waals surface area contributed by atoms with Gasteiger partial charge in [0.25, 0.3) is 0 Å². The van der Waals surface area contributed by atoms with Gasteiger partial charge >= 0.3 is 0 Å². The fourth-order valence-electron chi connectivity index (χ4n) is 1.43. The summed E-state index contributed by atoms with van der Waals surface area (Å²) in [5.74, 6) is 0.692. The van der Waals surface area contributed by atoms with E-state index in [9.17, 15) is 0 Å². The van der Waals surface area contributed by atoms with E-state index >= 15 is 0 Å². The molecule has 2 heteroatoms. The lowest BCUT2D eigenvalue weighted by atomic mass is 10.2. The lowest BCUT2D eigenvalue weighted by molar-refractivity contribution is 0.657. The van der Waals surface area contributed by atoms with Crippen LogP contribution in [0, 0.1) is 5.92 Å². The minimum absolute atomic E-state index is 0.692. The summed E-state index contributed by atoms with van der Waals surface area (Å²) in [6.07, 6.45) is 0. The summed E-state index contributed by atoms with van der Waals surface area (Å²) in [5.41, 5.74) is 2.45. The molecule has 0 saturated heterocycles. The van der Waals surface area contributed by atoms with Crippen LogP contribution in [0.4, 0.5) is 11.4 Å². The number of hydrogen-bond donors (Lipinski definition) is 2. The molecule has 64 valence electrons. The van der Waals surface area contributed by atoms with Crippen molar-refractivity contribution >= 4 is 11.4 Å². The van der Waals surface area contributed by atoms with E-state index in [1.54, 1.807) is 0 Å². The van der Waals surface area contributed by atoms with Crippen molar-refractivity contribution in [3.8, 4) is 0 Å². The Morgan fingerprint density at radius 1 is 1.08 bits per heavy atom. The summed E-state index contributed by atoms with van der Waals surface area (Å²) >= 11 is 0. The summed E-state index contributed by atoms with van der Waals surface area (Å²) in [6, 6.07) is 8.34. The fraction of sp³-hybridized carbons (Fsp3) is 0.400. The lowest BCUT2D eigenvalue weighted by Crippen LogP contribution is -2.14. The van der Waals surface area contributed by atoms with Gasteiger partial charge in [-0.3, -0.25) is 0 Å². The first-order valence-electron chi connectivity index (χ1n) is 4.43. The highest BCUT2D eigenvalue weighted by Crippen LogP contribution is 2.23. The predicted octanol–water partition coefficient (Wildman–Crippen LogP) is 2.16. The molecule has 12 heavy (non-hydrogen) atoms. The summed E-state index contributed by atoms with van der Waals surface area (Å²) in [4.78, 5) is 0. The first-order chi connectivity index (χ1) is 5.86. The smallest absolute Gasteiger partial charge is 0.0576 e. The van der Waals surface area contributed by atoms with E-state index in [0.29, 0.717) is 5.92 Å². The van der Waals surface area contributed by atoms with Crippen molar-refractivity contribution in [1.29, 1.82) is 0 Å². The Morgan fingerprint density at radius 2 is 1.58 bits per heavy atom. The zero-order valence-electron chi connectivity index (χ0n) is 7.30. The molecule has 0 amide bonds. The third-order valence-electron chi connectivity index (χ3n) is 2.21. The van der Waals surface area contributed by atoms with E-state index in [0.717, 1.165) is 13.1 Å². The maximum atomic E-state index is 3.41. The lowest BCUT2D eigenvalue weighted by Gasteiger charge is -2.06. The van der Waals surface area contributed by atoms with Crippen LogP contribution in [0.15, 0.2) is 24.3 Å². The van der Waals surface area contributed by atoms with Crippen LogP contribution >= 0.6 is 0 Å². The van der Waals surface area contributed by atoms with Crippen LogP contribution in [0.3, 0.4) is 0 Å². The van der Waals surface area contributed by atoms with Gasteiger partial charge < -0.3 is 10.6 Å². The molecule has 0 radical (unpaired) electrons. The van der Waals surface area contributed by atoms with E-state index in [-0.39, 0.29) is 0 Å². The van der Waals surface area contributed by atoms with Crippen molar-refractivity contribution in [2.45, 2.75) is 6.92 Å². The summed E-state index contributed by atoms with van der Waals surface area (Å²) in [6.45, 7) is 4.36. The van der Waals surface area contributed by atoms with Crippen LogP contribution in [-0.2, 0) is 0 Å². The molecule has 0 fully saturated rings. The van der Waals surface area contributed by atoms with Crippen molar-refractivity contribution in [2.24, 2.45) is 5.92 Å². The van der Waals surface area contributed by atoms with Crippen LogP contribution in [-0.4, -0.2) is 13.1 Å². The Labute approximate surface area is 73.0 Å². The molecule has 0 bridgehead atoms. The number of nitrogens with one attached hydrogen (secondary N) is 2. The van der Waals surface area contributed by atoms with Gasteiger partial charge in [0.2, 0.25) is 0 Å². The highest BCUT2D eigenvalue weighted by atomic mass is 15.0. The third kappa shape index (κ3) is 1.37. The quantitative estimate of drug-likeness (QED) is 0.611. The molecule has 1 aromatic rings. The average molecular weight is 162 g/mol. The van der Waals surface area contributed by atoms with Crippen molar-refractivity contribution < 1.29 is 0 Å². The van der Waals surface area contributed by atoms with Gasteiger partial charge in [0, 0.05) is 13.1 Å². The Morgan fingerprint density at radius 3 is 2.08 bits per heavy atom. The largest absolute Gasteiger partial charge is 0.383 e. The van der Waals surface area contributed by atoms with Crippen molar-refractivity contribution in [2.75, 3.05) is 23.7 Å². The van der Waals surface area contributed by atoms with Gasteiger partial charge in [0.1, 0.15) is 0 Å². The summed E-state index contributed by atoms with van der Waals surface area (Å²) < 4.78 is 0. The molecule has 2 nitrogen and oxygen atoms in total. The van der Waals surface area contributed by atoms with E-state index in [2.05, 4.69) is 41.8 Å². The van der Waals surface area contributed by atoms with Crippen molar-refractivity contribution in [1.82, 2.24) is 0 Å². The molecule has 0 aliphatic carbocycles. The molecule has 1 aromatic carbocycles. The molecule has 2 N–H and O–H groups in total. The van der Waals surface area contributed by atoms with E-state index < -0.39 is 0 Å². The molecular weight excluding hydrogens is 148 g/mol. The van der Waals surface area contributed by atoms with Crippen LogP contribution in [0.25, 0.3) is 0 Å². The second-order valence-corrected chi connectivity index (χ2v) is 3.41. The Bertz CT molecular complexity index is 243. The van der Waals surface area contributed by atoms with Gasteiger partial charge in [-0.15, -0.1) is 0 Å². The maximum Gasteiger partial charge on any atom is 0.0576 e. The zero-order valence-corrected chi connectivity index (χ0v) is 7.30. The van der Waals surface area contributed by atoms with Gasteiger partial charge in [-0.2, -0.15) is 0 Å². The van der Waals surface area contributed by atoms with E-state index in [1.165, 1.54) is 11.4 Å². The molecule has 0 aromatic heterocycles. The number of rotatable bonds is 0. The number of anilines is 2. The second kappa shape index (κ2) is 3.05.